The Labute approximate surface area is 99.0 Å². The number of hydrogen-bond donors (Lipinski definition) is 3. The minimum Gasteiger partial charge on any atom is -0.398 e. The second kappa shape index (κ2) is 5.23. The first-order chi connectivity index (χ1) is 7.43. The van der Waals surface area contributed by atoms with Crippen LogP contribution < -0.4 is 11.5 Å². The van der Waals surface area contributed by atoms with Gasteiger partial charge in [-0.05, 0) is 19.1 Å². The average molecular weight is 240 g/mol. The van der Waals surface area contributed by atoms with Crippen LogP contribution in [-0.4, -0.2) is 22.4 Å². The number of rotatable bonds is 4. The van der Waals surface area contributed by atoms with Gasteiger partial charge < -0.3 is 16.6 Å². The minimum absolute atomic E-state index is 0.0530. The van der Waals surface area contributed by atoms with Gasteiger partial charge in [-0.3, -0.25) is 4.79 Å². The van der Waals surface area contributed by atoms with Crippen LogP contribution in [0.15, 0.2) is 23.1 Å². The molecule has 5 heteroatoms. The smallest absolute Gasteiger partial charge is 0.249 e. The fourth-order valence-corrected chi connectivity index (χ4v) is 2.23. The molecule has 0 radical (unpaired) electrons. The summed E-state index contributed by atoms with van der Waals surface area (Å²) < 4.78 is 0. The third kappa shape index (κ3) is 2.90. The molecule has 0 fully saturated rings. The molecule has 4 nitrogen and oxygen atoms in total. The van der Waals surface area contributed by atoms with Crippen molar-refractivity contribution < 1.29 is 9.90 Å². The highest BCUT2D eigenvalue weighted by Gasteiger charge is 2.17. The number of benzene rings is 1. The number of thioether (sulfide) groups is 1. The maximum absolute atomic E-state index is 11.2. The lowest BCUT2D eigenvalue weighted by Crippen LogP contribution is -2.18. The maximum Gasteiger partial charge on any atom is 0.249 e. The highest BCUT2D eigenvalue weighted by Crippen LogP contribution is 2.33. The fraction of sp³-hybridized carbons (Fsp3) is 0.364. The normalized spacial score (nSPS) is 14.4. The number of nitrogens with two attached hydrogens (primary N) is 2. The predicted octanol–water partition coefficient (Wildman–Crippen LogP) is 1.23. The summed E-state index contributed by atoms with van der Waals surface area (Å²) in [6, 6.07) is 5.03. The molecule has 0 aliphatic heterocycles. The van der Waals surface area contributed by atoms with Gasteiger partial charge in [0.2, 0.25) is 5.91 Å². The Balaban J connectivity index is 3.06. The van der Waals surface area contributed by atoms with Crippen molar-refractivity contribution >= 4 is 23.4 Å². The molecule has 0 spiro atoms. The summed E-state index contributed by atoms with van der Waals surface area (Å²) in [6.07, 6.45) is -0.481. The van der Waals surface area contributed by atoms with Crippen LogP contribution in [0.4, 0.5) is 5.69 Å². The number of hydrogen-bond acceptors (Lipinski definition) is 4. The minimum atomic E-state index is -0.507. The van der Waals surface area contributed by atoms with Crippen LogP contribution in [0.3, 0.4) is 0 Å². The van der Waals surface area contributed by atoms with Gasteiger partial charge in [0.25, 0.3) is 0 Å². The predicted molar refractivity (Wildman–Crippen MR) is 66.4 cm³/mol. The molecule has 88 valence electrons. The number of nitrogen functional groups attached to an aromatic ring is 1. The first-order valence-electron chi connectivity index (χ1n) is 4.96. The summed E-state index contributed by atoms with van der Waals surface area (Å²) in [5.41, 5.74) is 12.0. The highest BCUT2D eigenvalue weighted by molar-refractivity contribution is 8.00. The van der Waals surface area contributed by atoms with Crippen molar-refractivity contribution in [3.8, 4) is 0 Å². The van der Waals surface area contributed by atoms with Gasteiger partial charge in [-0.2, -0.15) is 0 Å². The first-order valence-corrected chi connectivity index (χ1v) is 5.84. The Kier molecular flexibility index (Phi) is 4.20. The van der Waals surface area contributed by atoms with Crippen molar-refractivity contribution in [1.82, 2.24) is 0 Å². The van der Waals surface area contributed by atoms with Crippen molar-refractivity contribution in [2.24, 2.45) is 5.73 Å². The maximum atomic E-state index is 11.2. The summed E-state index contributed by atoms with van der Waals surface area (Å²) in [6.45, 7) is 3.56. The van der Waals surface area contributed by atoms with E-state index in [4.69, 9.17) is 11.5 Å². The molecule has 0 aliphatic rings. The summed E-state index contributed by atoms with van der Waals surface area (Å²) in [4.78, 5) is 11.9. The molecule has 1 amide bonds. The van der Waals surface area contributed by atoms with E-state index in [1.54, 1.807) is 25.1 Å². The molecule has 16 heavy (non-hydrogen) atoms. The number of amides is 1. The second-order valence-electron chi connectivity index (χ2n) is 3.65. The number of aliphatic hydroxyl groups excluding tert-OH is 1. The fourth-order valence-electron chi connectivity index (χ4n) is 1.16. The van der Waals surface area contributed by atoms with E-state index in [0.717, 1.165) is 0 Å². The van der Waals surface area contributed by atoms with Crippen LogP contribution in [0.1, 0.15) is 24.2 Å². The molecule has 0 saturated carbocycles. The monoisotopic (exact) mass is 240 g/mol. The molecule has 1 rings (SSSR count). The Morgan fingerprint density at radius 3 is 2.56 bits per heavy atom. The molecule has 1 aromatic carbocycles. The van der Waals surface area contributed by atoms with Crippen molar-refractivity contribution in [2.75, 3.05) is 5.73 Å². The van der Waals surface area contributed by atoms with Gasteiger partial charge in [0.15, 0.2) is 0 Å². The quantitative estimate of drug-likeness (QED) is 0.545. The molecule has 1 aromatic rings. The van der Waals surface area contributed by atoms with Gasteiger partial charge >= 0.3 is 0 Å². The van der Waals surface area contributed by atoms with Gasteiger partial charge in [-0.15, -0.1) is 11.8 Å². The Morgan fingerprint density at radius 2 is 2.06 bits per heavy atom. The van der Waals surface area contributed by atoms with Crippen molar-refractivity contribution in [2.45, 2.75) is 30.1 Å². The molecular weight excluding hydrogens is 224 g/mol. The lowest BCUT2D eigenvalue weighted by atomic mass is 10.2. The first kappa shape index (κ1) is 12.9. The highest BCUT2D eigenvalue weighted by atomic mass is 32.2. The summed E-state index contributed by atoms with van der Waals surface area (Å²) in [7, 11) is 0. The molecule has 5 N–H and O–H groups in total. The molecule has 2 atom stereocenters. The Hall–Kier alpha value is -1.20. The van der Waals surface area contributed by atoms with Gasteiger partial charge in [0.05, 0.1) is 11.7 Å². The number of aliphatic hydroxyl groups is 1. The van der Waals surface area contributed by atoms with Crippen LogP contribution in [-0.2, 0) is 0 Å². The van der Waals surface area contributed by atoms with Crippen LogP contribution in [0.2, 0.25) is 0 Å². The molecule has 2 unspecified atom stereocenters. The van der Waals surface area contributed by atoms with Gasteiger partial charge in [-0.1, -0.05) is 13.0 Å². The van der Waals surface area contributed by atoms with Crippen molar-refractivity contribution in [1.29, 1.82) is 0 Å². The number of anilines is 1. The molecule has 0 aliphatic carbocycles. The van der Waals surface area contributed by atoms with Crippen molar-refractivity contribution in [3.05, 3.63) is 23.8 Å². The van der Waals surface area contributed by atoms with E-state index >= 15 is 0 Å². The second-order valence-corrected chi connectivity index (χ2v) is 5.04. The zero-order chi connectivity index (χ0) is 12.3. The van der Waals surface area contributed by atoms with E-state index in [1.807, 2.05) is 6.92 Å². The van der Waals surface area contributed by atoms with Gasteiger partial charge in [0.1, 0.15) is 0 Å². The zero-order valence-electron chi connectivity index (χ0n) is 9.31. The summed E-state index contributed by atoms with van der Waals surface area (Å²) in [5.74, 6) is -0.507. The van der Waals surface area contributed by atoms with Crippen LogP contribution >= 0.6 is 11.8 Å². The van der Waals surface area contributed by atoms with Crippen LogP contribution in [0.5, 0.6) is 0 Å². The van der Waals surface area contributed by atoms with E-state index in [-0.39, 0.29) is 5.25 Å². The molecule has 0 saturated heterocycles. The number of carbonyl (C=O) groups is 1. The van der Waals surface area contributed by atoms with Crippen LogP contribution in [0, 0.1) is 0 Å². The average Bonchev–Trinajstić information content (AvgIpc) is 2.20. The lowest BCUT2D eigenvalue weighted by Gasteiger charge is -2.17. The van der Waals surface area contributed by atoms with Gasteiger partial charge in [-0.25, -0.2) is 0 Å². The van der Waals surface area contributed by atoms with E-state index in [1.165, 1.54) is 11.8 Å². The lowest BCUT2D eigenvalue weighted by molar-refractivity contribution is 0.0997. The Morgan fingerprint density at radius 1 is 1.44 bits per heavy atom. The van der Waals surface area contributed by atoms with Crippen molar-refractivity contribution in [3.63, 3.8) is 0 Å². The largest absolute Gasteiger partial charge is 0.398 e. The third-order valence-corrected chi connectivity index (χ3v) is 3.75. The molecular formula is C11H16N2O2S. The topological polar surface area (TPSA) is 89.3 Å². The zero-order valence-corrected chi connectivity index (χ0v) is 10.1. The van der Waals surface area contributed by atoms with E-state index < -0.39 is 12.0 Å². The molecule has 0 aromatic heterocycles. The Bertz CT molecular complexity index is 394. The SMILES string of the molecule is CC(O)C(C)Sc1c(N)cccc1C(N)=O. The number of primary amides is 1. The third-order valence-electron chi connectivity index (χ3n) is 2.29. The van der Waals surface area contributed by atoms with E-state index in [9.17, 15) is 9.90 Å². The van der Waals surface area contributed by atoms with Crippen LogP contribution in [0.25, 0.3) is 0 Å². The van der Waals surface area contributed by atoms with Gasteiger partial charge in [0, 0.05) is 15.8 Å². The standard InChI is InChI=1S/C11H16N2O2S/c1-6(14)7(2)16-10-8(11(13)15)4-3-5-9(10)12/h3-7,14H,12H2,1-2H3,(H2,13,15). The van der Waals surface area contributed by atoms with E-state index in [2.05, 4.69) is 0 Å². The molecule has 0 heterocycles. The molecule has 0 bridgehead atoms. The summed E-state index contributed by atoms with van der Waals surface area (Å²) >= 11 is 1.36. The number of carbonyl (C=O) groups excluding carboxylic acids is 1. The van der Waals surface area contributed by atoms with E-state index in [0.29, 0.717) is 16.1 Å². The summed E-state index contributed by atoms with van der Waals surface area (Å²) in [5, 5.41) is 9.37.